The molecule has 1 atom stereocenters. The number of nitrogens with zero attached hydrogens (tertiary/aromatic N) is 1. The van der Waals surface area contributed by atoms with Crippen LogP contribution in [0.3, 0.4) is 0 Å². The number of nitrogens with two attached hydrogens (primary N) is 1. The number of rotatable bonds is 3. The summed E-state index contributed by atoms with van der Waals surface area (Å²) in [7, 11) is 0. The molecule has 2 nitrogen and oxygen atoms in total. The van der Waals surface area contributed by atoms with Gasteiger partial charge in [-0.15, -0.1) is 0 Å². The summed E-state index contributed by atoms with van der Waals surface area (Å²) < 4.78 is 0. The molecule has 1 saturated heterocycles. The summed E-state index contributed by atoms with van der Waals surface area (Å²) in [6, 6.07) is 9.01. The fourth-order valence-corrected chi connectivity index (χ4v) is 4.04. The van der Waals surface area contributed by atoms with Gasteiger partial charge in [-0.05, 0) is 62.2 Å². The highest BCUT2D eigenvalue weighted by Crippen LogP contribution is 2.35. The van der Waals surface area contributed by atoms with Crippen molar-refractivity contribution in [2.75, 3.05) is 19.6 Å². The summed E-state index contributed by atoms with van der Waals surface area (Å²) in [4.78, 5) is 3.32. The number of thiocarbonyl (C=S) groups is 1. The van der Waals surface area contributed by atoms with Gasteiger partial charge in [0.05, 0.1) is 4.99 Å². The highest BCUT2D eigenvalue weighted by molar-refractivity contribution is 7.80. The van der Waals surface area contributed by atoms with Crippen molar-refractivity contribution in [3.05, 3.63) is 35.4 Å². The van der Waals surface area contributed by atoms with Gasteiger partial charge in [-0.1, -0.05) is 43.4 Å². The Bertz CT molecular complexity index is 518. The summed E-state index contributed by atoms with van der Waals surface area (Å²) in [5.41, 5.74) is 9.14. The van der Waals surface area contributed by atoms with Crippen LogP contribution >= 0.6 is 12.2 Å². The SMILES string of the molecule is CC1(C(N)=S)CCN(CC2CCCc3ccccc32)CC1. The Labute approximate surface area is 133 Å². The molecule has 0 amide bonds. The first-order chi connectivity index (χ1) is 10.1. The van der Waals surface area contributed by atoms with Crippen molar-refractivity contribution in [2.45, 2.75) is 44.9 Å². The Morgan fingerprint density at radius 3 is 2.76 bits per heavy atom. The molecule has 1 heterocycles. The van der Waals surface area contributed by atoms with Crippen LogP contribution in [0.2, 0.25) is 0 Å². The maximum absolute atomic E-state index is 5.91. The van der Waals surface area contributed by atoms with Gasteiger partial charge in [-0.25, -0.2) is 0 Å². The lowest BCUT2D eigenvalue weighted by atomic mass is 9.79. The molecule has 3 rings (SSSR count). The van der Waals surface area contributed by atoms with Gasteiger partial charge in [0.25, 0.3) is 0 Å². The molecule has 114 valence electrons. The molecular formula is C18H26N2S. The molecule has 1 aromatic rings. The highest BCUT2D eigenvalue weighted by atomic mass is 32.1. The predicted molar refractivity (Wildman–Crippen MR) is 92.7 cm³/mol. The van der Waals surface area contributed by atoms with E-state index in [-0.39, 0.29) is 5.41 Å². The Balaban J connectivity index is 1.63. The molecule has 1 fully saturated rings. The lowest BCUT2D eigenvalue weighted by Gasteiger charge is -2.40. The molecule has 0 aromatic heterocycles. The monoisotopic (exact) mass is 302 g/mol. The molecule has 0 radical (unpaired) electrons. The van der Waals surface area contributed by atoms with Crippen LogP contribution in [-0.2, 0) is 6.42 Å². The van der Waals surface area contributed by atoms with Gasteiger partial charge in [0.1, 0.15) is 0 Å². The molecule has 3 heteroatoms. The standard InChI is InChI=1S/C18H26N2S/c1-18(17(19)21)9-11-20(12-10-18)13-15-7-4-6-14-5-2-3-8-16(14)15/h2-3,5,8,15H,4,6-7,9-13H2,1H3,(H2,19,21). The van der Waals surface area contributed by atoms with Gasteiger partial charge in [-0.3, -0.25) is 0 Å². The fourth-order valence-electron chi connectivity index (χ4n) is 3.83. The van der Waals surface area contributed by atoms with Crippen LogP contribution in [0.5, 0.6) is 0 Å². The van der Waals surface area contributed by atoms with Crippen LogP contribution in [0.1, 0.15) is 49.7 Å². The van der Waals surface area contributed by atoms with Gasteiger partial charge < -0.3 is 10.6 Å². The van der Waals surface area contributed by atoms with Gasteiger partial charge in [0.15, 0.2) is 0 Å². The number of aryl methyl sites for hydroxylation is 1. The topological polar surface area (TPSA) is 29.3 Å². The third-order valence-electron chi connectivity index (χ3n) is 5.53. The average molecular weight is 302 g/mol. The van der Waals surface area contributed by atoms with Crippen LogP contribution in [0, 0.1) is 5.41 Å². The molecule has 0 spiro atoms. The smallest absolute Gasteiger partial charge is 0.0788 e. The van der Waals surface area contributed by atoms with Crippen LogP contribution in [-0.4, -0.2) is 29.5 Å². The third kappa shape index (κ3) is 3.14. The highest BCUT2D eigenvalue weighted by Gasteiger charge is 2.33. The zero-order valence-corrected chi connectivity index (χ0v) is 13.8. The van der Waals surface area contributed by atoms with E-state index in [1.807, 2.05) is 0 Å². The second kappa shape index (κ2) is 6.05. The summed E-state index contributed by atoms with van der Waals surface area (Å²) in [6.45, 7) is 5.69. The minimum atomic E-state index is 0.0797. The van der Waals surface area contributed by atoms with E-state index in [2.05, 4.69) is 36.1 Å². The zero-order valence-electron chi connectivity index (χ0n) is 13.0. The number of hydrogen-bond acceptors (Lipinski definition) is 2. The number of hydrogen-bond donors (Lipinski definition) is 1. The maximum atomic E-state index is 5.91. The number of benzene rings is 1. The van der Waals surface area contributed by atoms with Crippen LogP contribution in [0.25, 0.3) is 0 Å². The lowest BCUT2D eigenvalue weighted by Crippen LogP contribution is -2.45. The third-order valence-corrected chi connectivity index (χ3v) is 6.02. The second-order valence-electron chi connectivity index (χ2n) is 7.01. The van der Waals surface area contributed by atoms with Crippen LogP contribution in [0.15, 0.2) is 24.3 Å². The Kier molecular flexibility index (Phi) is 4.32. The minimum absolute atomic E-state index is 0.0797. The van der Waals surface area contributed by atoms with Crippen molar-refractivity contribution < 1.29 is 0 Å². The van der Waals surface area contributed by atoms with E-state index < -0.39 is 0 Å². The Morgan fingerprint density at radius 2 is 2.05 bits per heavy atom. The number of likely N-dealkylation sites (tertiary alicyclic amines) is 1. The van der Waals surface area contributed by atoms with Crippen molar-refractivity contribution in [1.29, 1.82) is 0 Å². The van der Waals surface area contributed by atoms with Crippen molar-refractivity contribution in [3.8, 4) is 0 Å². The average Bonchev–Trinajstić information content (AvgIpc) is 2.50. The molecule has 1 aromatic carbocycles. The van der Waals surface area contributed by atoms with E-state index in [9.17, 15) is 0 Å². The van der Waals surface area contributed by atoms with E-state index in [1.165, 1.54) is 25.8 Å². The van der Waals surface area contributed by atoms with E-state index in [4.69, 9.17) is 18.0 Å². The van der Waals surface area contributed by atoms with Gasteiger partial charge in [0.2, 0.25) is 0 Å². The minimum Gasteiger partial charge on any atom is -0.393 e. The molecule has 1 aliphatic heterocycles. The maximum Gasteiger partial charge on any atom is 0.0788 e. The molecule has 21 heavy (non-hydrogen) atoms. The Morgan fingerprint density at radius 1 is 1.33 bits per heavy atom. The molecule has 2 aliphatic rings. The number of fused-ring (bicyclic) bond motifs is 1. The Hall–Kier alpha value is -0.930. The first-order valence-corrected chi connectivity index (χ1v) is 8.59. The van der Waals surface area contributed by atoms with Gasteiger partial charge in [-0.2, -0.15) is 0 Å². The van der Waals surface area contributed by atoms with E-state index in [1.54, 1.807) is 11.1 Å². The van der Waals surface area contributed by atoms with Crippen LogP contribution < -0.4 is 5.73 Å². The largest absolute Gasteiger partial charge is 0.393 e. The lowest BCUT2D eigenvalue weighted by molar-refractivity contribution is 0.153. The number of piperidine rings is 1. The summed E-state index contributed by atoms with van der Waals surface area (Å²) >= 11 is 5.24. The van der Waals surface area contributed by atoms with E-state index in [0.717, 1.165) is 25.9 Å². The molecular weight excluding hydrogens is 276 g/mol. The normalized spacial score (nSPS) is 25.3. The molecule has 0 saturated carbocycles. The van der Waals surface area contributed by atoms with Gasteiger partial charge >= 0.3 is 0 Å². The summed E-state index contributed by atoms with van der Waals surface area (Å²) in [5.74, 6) is 0.712. The van der Waals surface area contributed by atoms with Gasteiger partial charge in [0, 0.05) is 12.0 Å². The van der Waals surface area contributed by atoms with Crippen molar-refractivity contribution in [1.82, 2.24) is 4.90 Å². The summed E-state index contributed by atoms with van der Waals surface area (Å²) in [6.07, 6.45) is 6.14. The van der Waals surface area contributed by atoms with E-state index in [0.29, 0.717) is 10.9 Å². The van der Waals surface area contributed by atoms with Crippen LogP contribution in [0.4, 0.5) is 0 Å². The quantitative estimate of drug-likeness (QED) is 0.867. The van der Waals surface area contributed by atoms with Crippen molar-refractivity contribution >= 4 is 17.2 Å². The van der Waals surface area contributed by atoms with Crippen molar-refractivity contribution in [3.63, 3.8) is 0 Å². The zero-order chi connectivity index (χ0) is 14.9. The summed E-state index contributed by atoms with van der Waals surface area (Å²) in [5, 5.41) is 0. The first-order valence-electron chi connectivity index (χ1n) is 8.18. The first kappa shape index (κ1) is 15.0. The molecule has 1 unspecified atom stereocenters. The fraction of sp³-hybridized carbons (Fsp3) is 0.611. The second-order valence-corrected chi connectivity index (χ2v) is 7.45. The predicted octanol–water partition coefficient (Wildman–Crippen LogP) is 3.49. The van der Waals surface area contributed by atoms with Crippen molar-refractivity contribution in [2.24, 2.45) is 11.1 Å². The van der Waals surface area contributed by atoms with E-state index >= 15 is 0 Å². The molecule has 0 bridgehead atoms. The molecule has 1 aliphatic carbocycles. The molecule has 2 N–H and O–H groups in total.